The van der Waals surface area contributed by atoms with Crippen molar-refractivity contribution in [2.75, 3.05) is 6.26 Å². The number of fused-ring (bicyclic) bond motifs is 2. The zero-order valence-corrected chi connectivity index (χ0v) is 16.6. The fourth-order valence-corrected chi connectivity index (χ4v) is 9.39. The number of hydrogen-bond acceptors (Lipinski definition) is 3. The second kappa shape index (κ2) is 5.94. The molecule has 5 nitrogen and oxygen atoms in total. The van der Waals surface area contributed by atoms with Crippen LogP contribution in [0.5, 0.6) is 0 Å². The Balaban J connectivity index is 1.21. The quantitative estimate of drug-likeness (QED) is 0.815. The highest BCUT2D eigenvalue weighted by molar-refractivity contribution is 7.88. The number of piperidine rings is 1. The summed E-state index contributed by atoms with van der Waals surface area (Å²) in [6.45, 7) is 0. The Kier molecular flexibility index (Phi) is 3.99. The largest absolute Gasteiger partial charge is 0.353 e. The van der Waals surface area contributed by atoms with Crippen LogP contribution in [0, 0.1) is 23.2 Å². The van der Waals surface area contributed by atoms with Gasteiger partial charge in [-0.25, -0.2) is 8.42 Å². The molecule has 6 aliphatic rings. The first-order valence-electron chi connectivity index (χ1n) is 10.6. The SMILES string of the molecule is CS(=O)(=O)N1C2CCC1CC(NC(=O)CC13CC4CC(CC(C4)C1)C3)C2. The van der Waals surface area contributed by atoms with Crippen LogP contribution in [0.1, 0.15) is 70.6 Å². The average molecular weight is 381 g/mol. The van der Waals surface area contributed by atoms with Gasteiger partial charge in [0.15, 0.2) is 0 Å². The van der Waals surface area contributed by atoms with Crippen molar-refractivity contribution >= 4 is 15.9 Å². The van der Waals surface area contributed by atoms with E-state index in [1.54, 1.807) is 4.31 Å². The summed E-state index contributed by atoms with van der Waals surface area (Å²) >= 11 is 0. The van der Waals surface area contributed by atoms with Crippen LogP contribution in [0.2, 0.25) is 0 Å². The Labute approximate surface area is 157 Å². The molecule has 2 unspecified atom stereocenters. The first kappa shape index (κ1) is 17.5. The lowest BCUT2D eigenvalue weighted by molar-refractivity contribution is -0.130. The van der Waals surface area contributed by atoms with Crippen molar-refractivity contribution in [3.63, 3.8) is 0 Å². The smallest absolute Gasteiger partial charge is 0.220 e. The van der Waals surface area contributed by atoms with Crippen molar-refractivity contribution in [1.82, 2.24) is 9.62 Å². The number of carbonyl (C=O) groups is 1. The van der Waals surface area contributed by atoms with Crippen molar-refractivity contribution in [3.8, 4) is 0 Å². The van der Waals surface area contributed by atoms with Gasteiger partial charge in [0.25, 0.3) is 0 Å². The third-order valence-electron chi connectivity index (χ3n) is 8.11. The average Bonchev–Trinajstić information content (AvgIpc) is 2.77. The van der Waals surface area contributed by atoms with Gasteiger partial charge in [-0.15, -0.1) is 0 Å². The van der Waals surface area contributed by atoms with Gasteiger partial charge in [0.2, 0.25) is 15.9 Å². The third-order valence-corrected chi connectivity index (χ3v) is 9.48. The molecule has 6 fully saturated rings. The van der Waals surface area contributed by atoms with Gasteiger partial charge in [-0.1, -0.05) is 0 Å². The lowest BCUT2D eigenvalue weighted by Gasteiger charge is -2.56. The third kappa shape index (κ3) is 3.01. The van der Waals surface area contributed by atoms with Crippen LogP contribution in [0.25, 0.3) is 0 Å². The van der Waals surface area contributed by atoms with Crippen molar-refractivity contribution in [2.24, 2.45) is 23.2 Å². The molecule has 4 aliphatic carbocycles. The Hall–Kier alpha value is -0.620. The second-order valence-corrected chi connectivity index (χ2v) is 12.2. The lowest BCUT2D eigenvalue weighted by atomic mass is 9.49. The van der Waals surface area contributed by atoms with E-state index in [-0.39, 0.29) is 29.4 Å². The molecule has 146 valence electrons. The zero-order valence-electron chi connectivity index (χ0n) is 15.8. The van der Waals surface area contributed by atoms with E-state index in [9.17, 15) is 13.2 Å². The molecule has 6 heteroatoms. The van der Waals surface area contributed by atoms with Gasteiger partial charge >= 0.3 is 0 Å². The molecule has 2 aliphatic heterocycles. The van der Waals surface area contributed by atoms with Gasteiger partial charge in [-0.05, 0) is 87.4 Å². The first-order chi connectivity index (χ1) is 12.3. The van der Waals surface area contributed by atoms with Crippen molar-refractivity contribution in [3.05, 3.63) is 0 Å². The van der Waals surface area contributed by atoms with E-state index >= 15 is 0 Å². The molecule has 6 bridgehead atoms. The predicted molar refractivity (Wildman–Crippen MR) is 99.9 cm³/mol. The number of nitrogens with zero attached hydrogens (tertiary/aromatic N) is 1. The van der Waals surface area contributed by atoms with Crippen LogP contribution in [-0.2, 0) is 14.8 Å². The number of rotatable bonds is 4. The summed E-state index contributed by atoms with van der Waals surface area (Å²) in [5.74, 6) is 2.86. The highest BCUT2D eigenvalue weighted by Gasteiger charge is 2.52. The van der Waals surface area contributed by atoms with Gasteiger partial charge < -0.3 is 5.32 Å². The fraction of sp³-hybridized carbons (Fsp3) is 0.950. The molecule has 1 N–H and O–H groups in total. The summed E-state index contributed by atoms with van der Waals surface area (Å²) in [6.07, 6.45) is 13.5. The molecule has 4 saturated carbocycles. The fourth-order valence-electron chi connectivity index (χ4n) is 7.92. The Bertz CT molecular complexity index is 655. The maximum atomic E-state index is 12.9. The van der Waals surface area contributed by atoms with Gasteiger partial charge in [0.05, 0.1) is 6.26 Å². The second-order valence-electron chi connectivity index (χ2n) is 10.3. The molecule has 26 heavy (non-hydrogen) atoms. The van der Waals surface area contributed by atoms with E-state index in [4.69, 9.17) is 0 Å². The van der Waals surface area contributed by atoms with Gasteiger partial charge in [0.1, 0.15) is 0 Å². The molecule has 2 heterocycles. The summed E-state index contributed by atoms with van der Waals surface area (Å²) in [5, 5.41) is 3.31. The summed E-state index contributed by atoms with van der Waals surface area (Å²) in [6, 6.07) is 0.342. The standard InChI is InChI=1S/C20H32N2O3S/c1-26(24,25)22-17-2-3-18(22)8-16(7-17)21-19(23)12-20-9-13-4-14(10-20)6-15(5-13)11-20/h13-18H,2-12H2,1H3,(H,21,23). The minimum absolute atomic E-state index is 0.0913. The van der Waals surface area contributed by atoms with Gasteiger partial charge in [0, 0.05) is 24.5 Å². The van der Waals surface area contributed by atoms with Crippen molar-refractivity contribution < 1.29 is 13.2 Å². The van der Waals surface area contributed by atoms with E-state index < -0.39 is 10.0 Å². The summed E-state index contributed by atoms with van der Waals surface area (Å²) in [5.41, 5.74) is 0.283. The number of nitrogens with one attached hydrogen (secondary N) is 1. The van der Waals surface area contributed by atoms with Crippen molar-refractivity contribution in [1.29, 1.82) is 0 Å². The highest BCUT2D eigenvalue weighted by atomic mass is 32.2. The topological polar surface area (TPSA) is 66.5 Å². The summed E-state index contributed by atoms with van der Waals surface area (Å²) in [4.78, 5) is 12.9. The van der Waals surface area contributed by atoms with E-state index in [0.29, 0.717) is 6.42 Å². The molecule has 2 saturated heterocycles. The van der Waals surface area contributed by atoms with Crippen LogP contribution in [0.15, 0.2) is 0 Å². The van der Waals surface area contributed by atoms with Crippen LogP contribution in [-0.4, -0.2) is 43.0 Å². The Morgan fingerprint density at radius 2 is 1.46 bits per heavy atom. The lowest BCUT2D eigenvalue weighted by Crippen LogP contribution is -2.53. The number of amides is 1. The molecule has 0 aromatic heterocycles. The van der Waals surface area contributed by atoms with Crippen LogP contribution in [0.4, 0.5) is 0 Å². The molecule has 0 radical (unpaired) electrons. The summed E-state index contributed by atoms with van der Waals surface area (Å²) < 4.78 is 25.8. The Morgan fingerprint density at radius 3 is 1.92 bits per heavy atom. The molecule has 0 spiro atoms. The van der Waals surface area contributed by atoms with E-state index in [2.05, 4.69) is 5.32 Å². The minimum atomic E-state index is -3.13. The molecule has 0 aromatic rings. The molecule has 1 amide bonds. The predicted octanol–water partition coefficient (Wildman–Crippen LogP) is 2.66. The maximum absolute atomic E-state index is 12.9. The van der Waals surface area contributed by atoms with E-state index in [1.165, 1.54) is 44.8 Å². The van der Waals surface area contributed by atoms with Crippen molar-refractivity contribution in [2.45, 2.75) is 88.8 Å². The van der Waals surface area contributed by atoms with E-state index in [0.717, 1.165) is 43.4 Å². The monoisotopic (exact) mass is 380 g/mol. The minimum Gasteiger partial charge on any atom is -0.353 e. The zero-order chi connectivity index (χ0) is 18.1. The molecule has 6 rings (SSSR count). The normalized spacial score (nSPS) is 47.3. The maximum Gasteiger partial charge on any atom is 0.220 e. The highest BCUT2D eigenvalue weighted by Crippen LogP contribution is 2.61. The molecule has 2 atom stereocenters. The number of sulfonamides is 1. The number of carbonyl (C=O) groups excluding carboxylic acids is 1. The van der Waals surface area contributed by atoms with Crippen LogP contribution >= 0.6 is 0 Å². The first-order valence-corrected chi connectivity index (χ1v) is 12.4. The number of hydrogen-bond donors (Lipinski definition) is 1. The van der Waals surface area contributed by atoms with E-state index in [1.807, 2.05) is 0 Å². The van der Waals surface area contributed by atoms with Crippen LogP contribution < -0.4 is 5.32 Å². The van der Waals surface area contributed by atoms with Gasteiger partial charge in [-0.3, -0.25) is 4.79 Å². The Morgan fingerprint density at radius 1 is 0.962 bits per heavy atom. The van der Waals surface area contributed by atoms with Crippen LogP contribution in [0.3, 0.4) is 0 Å². The molecular weight excluding hydrogens is 348 g/mol. The molecular formula is C20H32N2O3S. The van der Waals surface area contributed by atoms with Gasteiger partial charge in [-0.2, -0.15) is 4.31 Å². The molecule has 0 aromatic carbocycles. The summed E-state index contributed by atoms with van der Waals surface area (Å²) in [7, 11) is -3.13.